The lowest BCUT2D eigenvalue weighted by molar-refractivity contribution is -0.167. The fourth-order valence-corrected chi connectivity index (χ4v) is 0.558. The van der Waals surface area contributed by atoms with Crippen molar-refractivity contribution in [1.29, 1.82) is 0 Å². The van der Waals surface area contributed by atoms with Gasteiger partial charge in [-0.15, -0.1) is 0 Å². The highest BCUT2D eigenvalue weighted by Gasteiger charge is 2.15. The summed E-state index contributed by atoms with van der Waals surface area (Å²) in [4.78, 5) is 21.4. The zero-order valence-electron chi connectivity index (χ0n) is 7.46. The Hall–Kier alpha value is -1.06. The number of ether oxygens (including phenoxy) is 2. The van der Waals surface area contributed by atoms with E-state index < -0.39 is 11.9 Å². The summed E-state index contributed by atoms with van der Waals surface area (Å²) in [5.41, 5.74) is 0. The predicted molar refractivity (Wildman–Crippen MR) is 42.5 cm³/mol. The molecule has 0 unspecified atom stereocenters. The van der Waals surface area contributed by atoms with E-state index >= 15 is 0 Å². The number of hydrogen-bond donors (Lipinski definition) is 0. The van der Waals surface area contributed by atoms with Crippen LogP contribution in [0.5, 0.6) is 0 Å². The summed E-state index contributed by atoms with van der Waals surface area (Å²) in [7, 11) is 0. The molecular weight excluding hydrogens is 160 g/mol. The zero-order valence-corrected chi connectivity index (χ0v) is 7.46. The average Bonchev–Trinajstić information content (AvgIpc) is 2.05. The monoisotopic (exact) mass is 174 g/mol. The number of unbranched alkanes of at least 4 members (excludes halogenated alkanes) is 1. The molecule has 0 saturated heterocycles. The molecule has 0 saturated carbocycles. The molecule has 0 radical (unpaired) electrons. The van der Waals surface area contributed by atoms with Crippen LogP contribution >= 0.6 is 0 Å². The largest absolute Gasteiger partial charge is 0.458 e. The molecule has 0 N–H and O–H groups in total. The van der Waals surface area contributed by atoms with Crippen LogP contribution in [0.1, 0.15) is 26.7 Å². The van der Waals surface area contributed by atoms with Gasteiger partial charge in [-0.05, 0) is 13.3 Å². The van der Waals surface area contributed by atoms with Crippen molar-refractivity contribution >= 4 is 11.9 Å². The molecule has 0 rings (SSSR count). The fourth-order valence-electron chi connectivity index (χ4n) is 0.558. The van der Waals surface area contributed by atoms with Crippen molar-refractivity contribution < 1.29 is 19.1 Å². The van der Waals surface area contributed by atoms with E-state index in [9.17, 15) is 9.59 Å². The number of hydrogen-bond acceptors (Lipinski definition) is 4. The molecule has 0 aromatic heterocycles. The van der Waals surface area contributed by atoms with E-state index in [4.69, 9.17) is 0 Å². The van der Waals surface area contributed by atoms with Crippen LogP contribution in [0.15, 0.2) is 0 Å². The molecule has 0 aromatic rings. The topological polar surface area (TPSA) is 52.6 Å². The maximum atomic E-state index is 10.7. The second kappa shape index (κ2) is 6.64. The van der Waals surface area contributed by atoms with Crippen LogP contribution in [0.2, 0.25) is 0 Å². The lowest BCUT2D eigenvalue weighted by atomic mass is 10.4. The molecule has 0 amide bonds. The minimum atomic E-state index is -0.909. The van der Waals surface area contributed by atoms with Crippen molar-refractivity contribution in [2.45, 2.75) is 26.7 Å². The van der Waals surface area contributed by atoms with Crippen molar-refractivity contribution in [3.8, 4) is 0 Å². The Labute approximate surface area is 71.8 Å². The lowest BCUT2D eigenvalue weighted by Gasteiger charge is -2.02. The summed E-state index contributed by atoms with van der Waals surface area (Å²) in [5, 5.41) is 0. The molecule has 0 aliphatic carbocycles. The van der Waals surface area contributed by atoms with Gasteiger partial charge in [0.1, 0.15) is 0 Å². The smallest absolute Gasteiger partial charge is 0.417 e. The number of carbonyl (C=O) groups is 2. The maximum absolute atomic E-state index is 10.7. The van der Waals surface area contributed by atoms with Crippen molar-refractivity contribution in [3.63, 3.8) is 0 Å². The third kappa shape index (κ3) is 4.71. The Morgan fingerprint density at radius 3 is 2.17 bits per heavy atom. The summed E-state index contributed by atoms with van der Waals surface area (Å²) >= 11 is 0. The standard InChI is InChI=1S/C8H14O4/c1-3-5-6-12-8(10)7(9)11-4-2/h3-6H2,1-2H3. The number of esters is 2. The average molecular weight is 174 g/mol. The van der Waals surface area contributed by atoms with Gasteiger partial charge < -0.3 is 9.47 Å². The Kier molecular flexibility index (Phi) is 6.05. The molecule has 4 nitrogen and oxygen atoms in total. The fraction of sp³-hybridized carbons (Fsp3) is 0.750. The molecule has 70 valence electrons. The van der Waals surface area contributed by atoms with Gasteiger partial charge in [-0.2, -0.15) is 0 Å². The lowest BCUT2D eigenvalue weighted by Crippen LogP contribution is -2.20. The van der Waals surface area contributed by atoms with Crippen molar-refractivity contribution in [2.75, 3.05) is 13.2 Å². The van der Waals surface area contributed by atoms with Crippen LogP contribution in [0, 0.1) is 0 Å². The first-order valence-corrected chi connectivity index (χ1v) is 4.06. The molecule has 12 heavy (non-hydrogen) atoms. The molecule has 0 fully saturated rings. The Morgan fingerprint density at radius 1 is 1.08 bits per heavy atom. The van der Waals surface area contributed by atoms with E-state index in [1.54, 1.807) is 6.92 Å². The van der Waals surface area contributed by atoms with Gasteiger partial charge in [-0.1, -0.05) is 13.3 Å². The van der Waals surface area contributed by atoms with E-state index in [0.717, 1.165) is 12.8 Å². The Bertz CT molecular complexity index is 153. The second-order valence-electron chi connectivity index (χ2n) is 2.21. The molecule has 0 spiro atoms. The van der Waals surface area contributed by atoms with Gasteiger partial charge in [0.2, 0.25) is 0 Å². The van der Waals surface area contributed by atoms with Gasteiger partial charge in [0.05, 0.1) is 13.2 Å². The third-order valence-electron chi connectivity index (χ3n) is 1.17. The number of rotatable bonds is 4. The Morgan fingerprint density at radius 2 is 1.67 bits per heavy atom. The van der Waals surface area contributed by atoms with Crippen LogP contribution in [-0.4, -0.2) is 25.2 Å². The van der Waals surface area contributed by atoms with Crippen LogP contribution < -0.4 is 0 Å². The molecule has 0 aliphatic heterocycles. The molecule has 4 heteroatoms. The summed E-state index contributed by atoms with van der Waals surface area (Å²) in [6, 6.07) is 0. The molecule has 0 atom stereocenters. The van der Waals surface area contributed by atoms with Gasteiger partial charge in [0.25, 0.3) is 0 Å². The van der Waals surface area contributed by atoms with Crippen molar-refractivity contribution in [3.05, 3.63) is 0 Å². The summed E-state index contributed by atoms with van der Waals surface area (Å²) in [6.07, 6.45) is 1.70. The molecule has 0 bridgehead atoms. The van der Waals surface area contributed by atoms with E-state index in [1.165, 1.54) is 0 Å². The highest BCUT2D eigenvalue weighted by atomic mass is 16.6. The highest BCUT2D eigenvalue weighted by molar-refractivity contribution is 6.29. The van der Waals surface area contributed by atoms with Gasteiger partial charge in [0.15, 0.2) is 0 Å². The highest BCUT2D eigenvalue weighted by Crippen LogP contribution is 1.90. The summed E-state index contributed by atoms with van der Waals surface area (Å²) < 4.78 is 9.00. The normalized spacial score (nSPS) is 9.17. The van der Waals surface area contributed by atoms with Crippen molar-refractivity contribution in [2.24, 2.45) is 0 Å². The number of carbonyl (C=O) groups excluding carboxylic acids is 2. The molecular formula is C8H14O4. The van der Waals surface area contributed by atoms with Gasteiger partial charge in [-0.25, -0.2) is 9.59 Å². The van der Waals surface area contributed by atoms with Gasteiger partial charge in [0, 0.05) is 0 Å². The Balaban J connectivity index is 3.50. The van der Waals surface area contributed by atoms with Gasteiger partial charge >= 0.3 is 11.9 Å². The van der Waals surface area contributed by atoms with Crippen LogP contribution in [0.25, 0.3) is 0 Å². The SMILES string of the molecule is CCCCOC(=O)C(=O)OCC. The van der Waals surface area contributed by atoms with Crippen LogP contribution in [0.3, 0.4) is 0 Å². The van der Waals surface area contributed by atoms with E-state index in [0.29, 0.717) is 0 Å². The minimum absolute atomic E-state index is 0.196. The minimum Gasteiger partial charge on any atom is -0.458 e. The predicted octanol–water partition coefficient (Wildman–Crippen LogP) is 0.893. The van der Waals surface area contributed by atoms with Crippen molar-refractivity contribution in [1.82, 2.24) is 0 Å². The first kappa shape index (κ1) is 10.9. The molecule has 0 heterocycles. The van der Waals surface area contributed by atoms with Gasteiger partial charge in [-0.3, -0.25) is 0 Å². The first-order valence-electron chi connectivity index (χ1n) is 4.06. The first-order chi connectivity index (χ1) is 5.72. The summed E-state index contributed by atoms with van der Waals surface area (Å²) in [5.74, 6) is -1.81. The van der Waals surface area contributed by atoms with Crippen LogP contribution in [-0.2, 0) is 19.1 Å². The third-order valence-corrected chi connectivity index (χ3v) is 1.17. The zero-order chi connectivity index (χ0) is 9.40. The summed E-state index contributed by atoms with van der Waals surface area (Å²) in [6.45, 7) is 4.09. The van der Waals surface area contributed by atoms with E-state index in [2.05, 4.69) is 9.47 Å². The maximum Gasteiger partial charge on any atom is 0.417 e. The molecule has 0 aromatic carbocycles. The van der Waals surface area contributed by atoms with E-state index in [-0.39, 0.29) is 13.2 Å². The quantitative estimate of drug-likeness (QED) is 0.361. The second-order valence-corrected chi connectivity index (χ2v) is 2.21. The van der Waals surface area contributed by atoms with E-state index in [1.807, 2.05) is 6.92 Å². The molecule has 0 aliphatic rings. The van der Waals surface area contributed by atoms with Crippen LogP contribution in [0.4, 0.5) is 0 Å².